The van der Waals surface area contributed by atoms with Crippen LogP contribution >= 0.6 is 0 Å². The number of rotatable bonds is 7. The number of benzene rings is 1. The summed E-state index contributed by atoms with van der Waals surface area (Å²) >= 11 is 0. The molecule has 0 bridgehead atoms. The minimum Gasteiger partial charge on any atom is -0.487 e. The third-order valence-electron chi connectivity index (χ3n) is 6.00. The van der Waals surface area contributed by atoms with Gasteiger partial charge in [-0.3, -0.25) is 9.59 Å². The van der Waals surface area contributed by atoms with E-state index in [0.29, 0.717) is 12.8 Å². The Morgan fingerprint density at radius 1 is 1.30 bits per heavy atom. The number of fused-ring (bicyclic) bond motifs is 3. The first-order valence-electron chi connectivity index (χ1n) is 10.1. The molecule has 1 aliphatic heterocycles. The number of Topliss-reactive ketones (excluding diaryl/α,β-unsaturated/α-hetero) is 1. The molecule has 1 aromatic rings. The zero-order valence-corrected chi connectivity index (χ0v) is 17.0. The van der Waals surface area contributed by atoms with Crippen LogP contribution in [0.4, 0.5) is 0 Å². The van der Waals surface area contributed by atoms with Crippen molar-refractivity contribution in [2.45, 2.75) is 69.9 Å². The highest BCUT2D eigenvalue weighted by molar-refractivity contribution is 5.91. The summed E-state index contributed by atoms with van der Waals surface area (Å²) in [6, 6.07) is 5.63. The molecular weight excluding hydrogens is 340 g/mol. The molecule has 5 nitrogen and oxygen atoms in total. The lowest BCUT2D eigenvalue weighted by Crippen LogP contribution is -2.59. The van der Waals surface area contributed by atoms with Gasteiger partial charge < -0.3 is 15.0 Å². The van der Waals surface area contributed by atoms with Gasteiger partial charge in [0.05, 0.1) is 0 Å². The number of ether oxygens (including phenoxy) is 1. The minimum atomic E-state index is -0.550. The molecule has 27 heavy (non-hydrogen) atoms. The van der Waals surface area contributed by atoms with Gasteiger partial charge in [-0.05, 0) is 52.9 Å². The van der Waals surface area contributed by atoms with Crippen molar-refractivity contribution in [2.75, 3.05) is 20.6 Å². The van der Waals surface area contributed by atoms with E-state index < -0.39 is 6.04 Å². The predicted molar refractivity (Wildman–Crippen MR) is 106 cm³/mol. The molecule has 0 aromatic heterocycles. The zero-order valence-electron chi connectivity index (χ0n) is 17.0. The van der Waals surface area contributed by atoms with E-state index in [9.17, 15) is 9.59 Å². The molecule has 1 aromatic carbocycles. The van der Waals surface area contributed by atoms with Gasteiger partial charge in [0, 0.05) is 23.8 Å². The Kier molecular flexibility index (Phi) is 5.89. The Labute approximate surface area is 162 Å². The lowest BCUT2D eigenvalue weighted by molar-refractivity contribution is -0.133. The summed E-state index contributed by atoms with van der Waals surface area (Å²) in [4.78, 5) is 27.2. The number of hydrogen-bond acceptors (Lipinski definition) is 4. The number of ketones is 1. The standard InChI is InChI=1S/C22H32N2O3/c1-15-9-10-18-16(14-15)22(2)12-11-17(25)20(21(22)27-18)23-19(26)8-6-5-7-13-24(3)4/h9-10,14,20-21H,5-8,11-13H2,1-4H3,(H,23,26)/t20-,21-,22-/m0/s1. The van der Waals surface area contributed by atoms with Gasteiger partial charge >= 0.3 is 0 Å². The van der Waals surface area contributed by atoms with Gasteiger partial charge in [0.2, 0.25) is 5.91 Å². The van der Waals surface area contributed by atoms with Crippen molar-refractivity contribution in [2.24, 2.45) is 0 Å². The van der Waals surface area contributed by atoms with Gasteiger partial charge in [-0.1, -0.05) is 31.0 Å². The lowest BCUT2D eigenvalue weighted by Gasteiger charge is -2.39. The van der Waals surface area contributed by atoms with E-state index in [-0.39, 0.29) is 23.2 Å². The maximum atomic E-state index is 12.6. The van der Waals surface area contributed by atoms with E-state index in [2.05, 4.69) is 44.2 Å². The van der Waals surface area contributed by atoms with Crippen molar-refractivity contribution in [3.05, 3.63) is 29.3 Å². The average Bonchev–Trinajstić information content (AvgIpc) is 2.90. The monoisotopic (exact) mass is 372 g/mol. The summed E-state index contributed by atoms with van der Waals surface area (Å²) in [5, 5.41) is 2.99. The maximum Gasteiger partial charge on any atom is 0.220 e. The Bertz CT molecular complexity index is 716. The molecule has 1 saturated carbocycles. The molecular formula is C22H32N2O3. The summed E-state index contributed by atoms with van der Waals surface area (Å²) in [5.41, 5.74) is 2.14. The number of unbranched alkanes of at least 4 members (excludes halogenated alkanes) is 2. The van der Waals surface area contributed by atoms with Crippen LogP contribution in [-0.2, 0) is 15.0 Å². The van der Waals surface area contributed by atoms with Crippen LogP contribution in [0.25, 0.3) is 0 Å². The first-order valence-corrected chi connectivity index (χ1v) is 10.1. The molecule has 148 valence electrons. The van der Waals surface area contributed by atoms with E-state index in [1.54, 1.807) is 0 Å². The van der Waals surface area contributed by atoms with Gasteiger partial charge in [-0.2, -0.15) is 0 Å². The third kappa shape index (κ3) is 4.18. The van der Waals surface area contributed by atoms with Crippen LogP contribution in [0, 0.1) is 6.92 Å². The Morgan fingerprint density at radius 2 is 2.07 bits per heavy atom. The minimum absolute atomic E-state index is 0.0433. The zero-order chi connectivity index (χ0) is 19.6. The lowest BCUT2D eigenvalue weighted by atomic mass is 9.67. The fourth-order valence-electron chi connectivity index (χ4n) is 4.33. The molecule has 3 atom stereocenters. The van der Waals surface area contributed by atoms with Gasteiger partial charge in [0.1, 0.15) is 17.9 Å². The van der Waals surface area contributed by atoms with Gasteiger partial charge in [-0.25, -0.2) is 0 Å². The number of amides is 1. The van der Waals surface area contributed by atoms with Crippen molar-refractivity contribution >= 4 is 11.7 Å². The average molecular weight is 373 g/mol. The van der Waals surface area contributed by atoms with E-state index >= 15 is 0 Å². The van der Waals surface area contributed by atoms with Crippen LogP contribution in [0.5, 0.6) is 5.75 Å². The molecule has 1 aliphatic carbocycles. The second-order valence-corrected chi connectivity index (χ2v) is 8.58. The number of hydrogen-bond donors (Lipinski definition) is 1. The van der Waals surface area contributed by atoms with Gasteiger partial charge in [0.15, 0.2) is 5.78 Å². The van der Waals surface area contributed by atoms with E-state index in [1.165, 1.54) is 11.1 Å². The van der Waals surface area contributed by atoms with Crippen LogP contribution < -0.4 is 10.1 Å². The molecule has 1 fully saturated rings. The SMILES string of the molecule is Cc1ccc2c(c1)[C@]1(C)CCC(=O)[C@H](NC(=O)CCCCCN(C)C)[C@@H]1O2. The van der Waals surface area contributed by atoms with Crippen LogP contribution in [0.15, 0.2) is 18.2 Å². The largest absolute Gasteiger partial charge is 0.487 e. The highest BCUT2D eigenvalue weighted by Crippen LogP contribution is 2.49. The smallest absolute Gasteiger partial charge is 0.220 e. The molecule has 1 N–H and O–H groups in total. The van der Waals surface area contributed by atoms with Crippen molar-refractivity contribution in [3.63, 3.8) is 0 Å². The number of nitrogens with zero attached hydrogens (tertiary/aromatic N) is 1. The molecule has 2 aliphatic rings. The van der Waals surface area contributed by atoms with Crippen LogP contribution in [0.2, 0.25) is 0 Å². The van der Waals surface area contributed by atoms with Crippen LogP contribution in [0.1, 0.15) is 56.6 Å². The first-order chi connectivity index (χ1) is 12.8. The summed E-state index contributed by atoms with van der Waals surface area (Å²) in [6.07, 6.45) is 4.36. The van der Waals surface area contributed by atoms with Gasteiger partial charge in [0.25, 0.3) is 0 Å². The highest BCUT2D eigenvalue weighted by atomic mass is 16.5. The molecule has 3 rings (SSSR count). The predicted octanol–water partition coefficient (Wildman–Crippen LogP) is 2.98. The Hall–Kier alpha value is -1.88. The van der Waals surface area contributed by atoms with Crippen molar-refractivity contribution in [3.8, 4) is 5.75 Å². The number of aryl methyl sites for hydroxylation is 1. The summed E-state index contributed by atoms with van der Waals surface area (Å²) in [6.45, 7) is 5.27. The van der Waals surface area contributed by atoms with Crippen molar-refractivity contribution in [1.29, 1.82) is 0 Å². The van der Waals surface area contributed by atoms with Crippen LogP contribution in [-0.4, -0.2) is 49.4 Å². The third-order valence-corrected chi connectivity index (χ3v) is 6.00. The molecule has 0 spiro atoms. The quantitative estimate of drug-likeness (QED) is 0.748. The number of nitrogens with one attached hydrogen (secondary N) is 1. The molecule has 0 unspecified atom stereocenters. The summed E-state index contributed by atoms with van der Waals surface area (Å²) < 4.78 is 6.18. The fraction of sp³-hybridized carbons (Fsp3) is 0.636. The Morgan fingerprint density at radius 3 is 2.81 bits per heavy atom. The van der Waals surface area contributed by atoms with E-state index in [4.69, 9.17) is 4.74 Å². The van der Waals surface area contributed by atoms with Crippen molar-refractivity contribution < 1.29 is 14.3 Å². The topological polar surface area (TPSA) is 58.6 Å². The normalized spacial score (nSPS) is 26.5. The highest BCUT2D eigenvalue weighted by Gasteiger charge is 2.54. The molecule has 1 amide bonds. The van der Waals surface area contributed by atoms with Crippen molar-refractivity contribution in [1.82, 2.24) is 10.2 Å². The van der Waals surface area contributed by atoms with E-state index in [1.807, 2.05) is 12.1 Å². The first kappa shape index (κ1) is 19.9. The summed E-state index contributed by atoms with van der Waals surface area (Å²) in [7, 11) is 4.11. The van der Waals surface area contributed by atoms with Gasteiger partial charge in [-0.15, -0.1) is 0 Å². The van der Waals surface area contributed by atoms with E-state index in [0.717, 1.165) is 38.0 Å². The summed E-state index contributed by atoms with van der Waals surface area (Å²) in [5.74, 6) is 0.895. The fourth-order valence-corrected chi connectivity index (χ4v) is 4.33. The molecule has 0 radical (unpaired) electrons. The molecule has 5 heteroatoms. The second-order valence-electron chi connectivity index (χ2n) is 8.58. The maximum absolute atomic E-state index is 12.6. The second kappa shape index (κ2) is 8.01. The Balaban J connectivity index is 1.62. The molecule has 1 heterocycles. The molecule has 0 saturated heterocycles. The number of carbonyl (C=O) groups excluding carboxylic acids is 2. The number of carbonyl (C=O) groups is 2. The van der Waals surface area contributed by atoms with Crippen LogP contribution in [0.3, 0.4) is 0 Å².